The van der Waals surface area contributed by atoms with Crippen LogP contribution in [0.4, 0.5) is 15.9 Å². The van der Waals surface area contributed by atoms with Gasteiger partial charge in [0.25, 0.3) is 0 Å². The highest BCUT2D eigenvalue weighted by molar-refractivity contribution is 7.99. The third-order valence-electron chi connectivity index (χ3n) is 5.85. The number of fused-ring (bicyclic) bond motifs is 2. The molecule has 5 rings (SSSR count). The first-order valence-electron chi connectivity index (χ1n) is 11.6. The molecular formula is C26H27FN6S. The van der Waals surface area contributed by atoms with Gasteiger partial charge in [-0.05, 0) is 78.3 Å². The minimum absolute atomic E-state index is 0.235. The number of unbranched alkanes of at least 4 members (excludes halogenated alkanes) is 1. The topological polar surface area (TPSA) is 60.0 Å². The average Bonchev–Trinajstić information content (AvgIpc) is 3.44. The highest BCUT2D eigenvalue weighted by atomic mass is 32.2. The minimum Gasteiger partial charge on any atom is -0.338 e. The zero-order valence-electron chi connectivity index (χ0n) is 19.1. The Morgan fingerprint density at radius 3 is 2.88 bits per heavy atom. The van der Waals surface area contributed by atoms with E-state index in [-0.39, 0.29) is 5.82 Å². The van der Waals surface area contributed by atoms with Crippen molar-refractivity contribution in [3.05, 3.63) is 84.2 Å². The number of aromatic nitrogens is 5. The van der Waals surface area contributed by atoms with E-state index in [9.17, 15) is 4.39 Å². The molecule has 0 unspecified atom stereocenters. The summed E-state index contributed by atoms with van der Waals surface area (Å²) < 4.78 is 17.3. The van der Waals surface area contributed by atoms with Crippen molar-refractivity contribution in [1.29, 1.82) is 0 Å². The van der Waals surface area contributed by atoms with E-state index >= 15 is 0 Å². The second-order valence-corrected chi connectivity index (χ2v) is 9.62. The Morgan fingerprint density at radius 1 is 1.06 bits per heavy atom. The van der Waals surface area contributed by atoms with Crippen molar-refractivity contribution < 1.29 is 4.39 Å². The van der Waals surface area contributed by atoms with Gasteiger partial charge in [0.1, 0.15) is 17.7 Å². The van der Waals surface area contributed by atoms with Gasteiger partial charge in [-0.1, -0.05) is 19.1 Å². The summed E-state index contributed by atoms with van der Waals surface area (Å²) in [5.74, 6) is 2.94. The largest absolute Gasteiger partial charge is 0.338 e. The van der Waals surface area contributed by atoms with Crippen LogP contribution in [0.25, 0.3) is 16.4 Å². The van der Waals surface area contributed by atoms with Crippen molar-refractivity contribution in [3.8, 4) is 0 Å². The van der Waals surface area contributed by atoms with Gasteiger partial charge in [-0.15, -0.1) is 0 Å². The quantitative estimate of drug-likeness (QED) is 0.248. The molecule has 0 spiro atoms. The molecule has 0 atom stereocenters. The van der Waals surface area contributed by atoms with Gasteiger partial charge in [0.15, 0.2) is 5.82 Å². The molecule has 0 amide bonds. The maximum Gasteiger partial charge on any atom is 0.158 e. The Kier molecular flexibility index (Phi) is 6.76. The van der Waals surface area contributed by atoms with E-state index in [1.165, 1.54) is 29.6 Å². The monoisotopic (exact) mass is 474 g/mol. The van der Waals surface area contributed by atoms with E-state index in [1.807, 2.05) is 51.6 Å². The molecule has 3 aromatic heterocycles. The number of nitrogens with zero attached hydrogens (tertiary/aromatic N) is 5. The molecule has 0 aliphatic heterocycles. The molecule has 2 aromatic carbocycles. The van der Waals surface area contributed by atoms with Gasteiger partial charge in [-0.25, -0.2) is 13.9 Å². The van der Waals surface area contributed by atoms with E-state index in [2.05, 4.69) is 39.6 Å². The number of benzene rings is 2. The standard InChI is InChI=1S/C26H27FN6S/c1-2-34-13-4-3-7-20-11-12-32-25(20)26(28-18-30-32)31-23-9-10-24-21(15-23)16-29-33(24)17-19-6-5-8-22(27)14-19/h5-6,8-12,14-16,18H,2-4,7,13,17H2,1H3,(H,28,30,31). The van der Waals surface area contributed by atoms with Crippen LogP contribution in [-0.2, 0) is 13.0 Å². The smallest absolute Gasteiger partial charge is 0.158 e. The molecule has 0 aliphatic carbocycles. The van der Waals surface area contributed by atoms with Crippen molar-refractivity contribution in [2.45, 2.75) is 32.7 Å². The summed E-state index contributed by atoms with van der Waals surface area (Å²) in [6, 6.07) is 14.9. The Balaban J connectivity index is 1.35. The summed E-state index contributed by atoms with van der Waals surface area (Å²) in [4.78, 5) is 4.54. The van der Waals surface area contributed by atoms with Crippen LogP contribution in [0.3, 0.4) is 0 Å². The summed E-state index contributed by atoms with van der Waals surface area (Å²) in [6.45, 7) is 2.72. The zero-order chi connectivity index (χ0) is 23.3. The van der Waals surface area contributed by atoms with Crippen molar-refractivity contribution >= 4 is 39.7 Å². The van der Waals surface area contributed by atoms with Crippen LogP contribution in [0, 0.1) is 5.82 Å². The number of halogens is 1. The van der Waals surface area contributed by atoms with Crippen LogP contribution in [0.1, 0.15) is 30.9 Å². The fourth-order valence-electron chi connectivity index (χ4n) is 4.21. The van der Waals surface area contributed by atoms with Crippen LogP contribution >= 0.6 is 11.8 Å². The normalized spacial score (nSPS) is 11.5. The lowest BCUT2D eigenvalue weighted by Gasteiger charge is -2.10. The van der Waals surface area contributed by atoms with Gasteiger partial charge in [-0.3, -0.25) is 4.68 Å². The fraction of sp³-hybridized carbons (Fsp3) is 0.269. The molecule has 34 heavy (non-hydrogen) atoms. The average molecular weight is 475 g/mol. The summed E-state index contributed by atoms with van der Waals surface area (Å²) in [5.41, 5.74) is 5.09. The first-order chi connectivity index (χ1) is 16.7. The second-order valence-electron chi connectivity index (χ2n) is 8.23. The van der Waals surface area contributed by atoms with Crippen molar-refractivity contribution in [2.24, 2.45) is 0 Å². The van der Waals surface area contributed by atoms with E-state index in [1.54, 1.807) is 18.5 Å². The van der Waals surface area contributed by atoms with Gasteiger partial charge in [0.05, 0.1) is 18.3 Å². The van der Waals surface area contributed by atoms with E-state index in [4.69, 9.17) is 0 Å². The molecule has 3 heterocycles. The molecule has 1 N–H and O–H groups in total. The lowest BCUT2D eigenvalue weighted by molar-refractivity contribution is 0.621. The first kappa shape index (κ1) is 22.4. The maximum absolute atomic E-state index is 13.6. The van der Waals surface area contributed by atoms with Gasteiger partial charge in [0.2, 0.25) is 0 Å². The third kappa shape index (κ3) is 4.92. The van der Waals surface area contributed by atoms with E-state index in [0.29, 0.717) is 6.54 Å². The molecule has 174 valence electrons. The Labute approximate surface area is 202 Å². The molecule has 0 saturated heterocycles. The van der Waals surface area contributed by atoms with Crippen molar-refractivity contribution in [2.75, 3.05) is 16.8 Å². The van der Waals surface area contributed by atoms with E-state index < -0.39 is 0 Å². The Bertz CT molecular complexity index is 1410. The molecule has 5 aromatic rings. The first-order valence-corrected chi connectivity index (χ1v) is 12.7. The fourth-order valence-corrected chi connectivity index (χ4v) is 4.91. The van der Waals surface area contributed by atoms with Crippen LogP contribution in [0.15, 0.2) is 67.3 Å². The Morgan fingerprint density at radius 2 is 2.00 bits per heavy atom. The van der Waals surface area contributed by atoms with Gasteiger partial charge in [0, 0.05) is 17.3 Å². The van der Waals surface area contributed by atoms with Gasteiger partial charge >= 0.3 is 0 Å². The predicted octanol–water partition coefficient (Wildman–Crippen LogP) is 6.09. The number of hydrogen-bond donors (Lipinski definition) is 1. The molecule has 0 radical (unpaired) electrons. The molecule has 8 heteroatoms. The summed E-state index contributed by atoms with van der Waals surface area (Å²) in [5, 5.41) is 13.4. The predicted molar refractivity (Wildman–Crippen MR) is 137 cm³/mol. The number of hydrogen-bond acceptors (Lipinski definition) is 5. The zero-order valence-corrected chi connectivity index (χ0v) is 19.9. The molecule has 0 aliphatic rings. The highest BCUT2D eigenvalue weighted by Crippen LogP contribution is 2.27. The molecular weight excluding hydrogens is 447 g/mol. The number of rotatable bonds is 10. The summed E-state index contributed by atoms with van der Waals surface area (Å²) in [6.07, 6.45) is 8.78. The third-order valence-corrected chi connectivity index (χ3v) is 6.84. The maximum atomic E-state index is 13.6. The van der Waals surface area contributed by atoms with Crippen LogP contribution < -0.4 is 5.32 Å². The highest BCUT2D eigenvalue weighted by Gasteiger charge is 2.12. The number of thioether (sulfide) groups is 1. The number of anilines is 2. The van der Waals surface area contributed by atoms with E-state index in [0.717, 1.165) is 46.3 Å². The molecule has 0 saturated carbocycles. The van der Waals surface area contributed by atoms with Crippen LogP contribution in [0.2, 0.25) is 0 Å². The van der Waals surface area contributed by atoms with Crippen molar-refractivity contribution in [3.63, 3.8) is 0 Å². The SMILES string of the molecule is CCSCCCCc1ccn2ncnc(Nc3ccc4c(cnn4Cc4cccc(F)c4)c3)c12. The lowest BCUT2D eigenvalue weighted by Crippen LogP contribution is -2.02. The molecule has 0 bridgehead atoms. The van der Waals surface area contributed by atoms with Crippen molar-refractivity contribution in [1.82, 2.24) is 24.4 Å². The van der Waals surface area contributed by atoms with Gasteiger partial charge < -0.3 is 5.32 Å². The minimum atomic E-state index is -0.235. The van der Waals surface area contributed by atoms with Crippen LogP contribution in [0.5, 0.6) is 0 Å². The van der Waals surface area contributed by atoms with Gasteiger partial charge in [-0.2, -0.15) is 22.0 Å². The second kappa shape index (κ2) is 10.3. The molecule has 0 fully saturated rings. The lowest BCUT2D eigenvalue weighted by atomic mass is 10.1. The summed E-state index contributed by atoms with van der Waals surface area (Å²) in [7, 11) is 0. The number of aryl methyl sites for hydroxylation is 1. The Hall–Kier alpha value is -3.39. The summed E-state index contributed by atoms with van der Waals surface area (Å²) >= 11 is 1.99. The van der Waals surface area contributed by atoms with Crippen LogP contribution in [-0.4, -0.2) is 35.9 Å². The molecule has 6 nitrogen and oxygen atoms in total. The number of nitrogens with one attached hydrogen (secondary N) is 1.